The van der Waals surface area contributed by atoms with Gasteiger partial charge in [-0.25, -0.2) is 4.79 Å². The normalized spacial score (nSPS) is 16.4. The van der Waals surface area contributed by atoms with Crippen molar-refractivity contribution in [1.82, 2.24) is 10.2 Å². The fraction of sp³-hybridized carbons (Fsp3) is 0.833. The number of rotatable bonds is 5. The van der Waals surface area contributed by atoms with E-state index in [0.29, 0.717) is 4.99 Å². The van der Waals surface area contributed by atoms with Crippen LogP contribution in [0.2, 0.25) is 0 Å². The highest BCUT2D eigenvalue weighted by atomic mass is 32.1. The van der Waals surface area contributed by atoms with Crippen LogP contribution in [0.3, 0.4) is 0 Å². The van der Waals surface area contributed by atoms with E-state index in [1.165, 1.54) is 12.8 Å². The fourth-order valence-electron chi connectivity index (χ4n) is 2.01. The van der Waals surface area contributed by atoms with E-state index < -0.39 is 0 Å². The summed E-state index contributed by atoms with van der Waals surface area (Å²) >= 11 is 4.80. The first-order valence-corrected chi connectivity index (χ1v) is 6.92. The first-order chi connectivity index (χ1) is 8.20. The van der Waals surface area contributed by atoms with Crippen LogP contribution in [0.25, 0.3) is 0 Å². The molecule has 1 rings (SSSR count). The summed E-state index contributed by atoms with van der Waals surface area (Å²) in [4.78, 5) is 14.3. The number of urea groups is 1. The number of likely N-dealkylation sites (tertiary alicyclic amines) is 1. The van der Waals surface area contributed by atoms with Gasteiger partial charge in [0.1, 0.15) is 0 Å². The van der Waals surface area contributed by atoms with Gasteiger partial charge < -0.3 is 16.0 Å². The Labute approximate surface area is 109 Å². The Morgan fingerprint density at radius 2 is 1.82 bits per heavy atom. The SMILES string of the molecule is NC(=S)CCCCNC(=O)N1CCCCCC1. The first kappa shape index (κ1) is 14.2. The van der Waals surface area contributed by atoms with Gasteiger partial charge in [-0.05, 0) is 32.1 Å². The third-order valence-electron chi connectivity index (χ3n) is 3.02. The minimum atomic E-state index is 0.0854. The summed E-state index contributed by atoms with van der Waals surface area (Å²) in [5.74, 6) is 0. The maximum atomic E-state index is 11.8. The lowest BCUT2D eigenvalue weighted by Crippen LogP contribution is -2.40. The van der Waals surface area contributed by atoms with Crippen molar-refractivity contribution in [3.8, 4) is 0 Å². The third kappa shape index (κ3) is 6.46. The van der Waals surface area contributed by atoms with Gasteiger partial charge in [-0.2, -0.15) is 0 Å². The van der Waals surface area contributed by atoms with Crippen molar-refractivity contribution in [1.29, 1.82) is 0 Å². The Kier molecular flexibility index (Phi) is 6.93. The van der Waals surface area contributed by atoms with Crippen molar-refractivity contribution in [2.75, 3.05) is 19.6 Å². The van der Waals surface area contributed by atoms with Crippen LogP contribution in [0.15, 0.2) is 0 Å². The second kappa shape index (κ2) is 8.28. The molecule has 0 radical (unpaired) electrons. The van der Waals surface area contributed by atoms with E-state index in [1.54, 1.807) is 0 Å². The molecular weight excluding hydrogens is 234 g/mol. The quantitative estimate of drug-likeness (QED) is 0.585. The summed E-state index contributed by atoms with van der Waals surface area (Å²) in [6, 6.07) is 0.0854. The maximum Gasteiger partial charge on any atom is 0.317 e. The zero-order chi connectivity index (χ0) is 12.5. The third-order valence-corrected chi connectivity index (χ3v) is 3.22. The zero-order valence-electron chi connectivity index (χ0n) is 10.4. The molecule has 0 aromatic heterocycles. The van der Waals surface area contributed by atoms with Crippen molar-refractivity contribution < 1.29 is 4.79 Å². The van der Waals surface area contributed by atoms with Crippen molar-refractivity contribution in [2.45, 2.75) is 44.9 Å². The zero-order valence-corrected chi connectivity index (χ0v) is 11.2. The molecule has 2 amide bonds. The lowest BCUT2D eigenvalue weighted by Gasteiger charge is -2.20. The number of hydrogen-bond acceptors (Lipinski definition) is 2. The monoisotopic (exact) mass is 257 g/mol. The van der Waals surface area contributed by atoms with E-state index in [-0.39, 0.29) is 6.03 Å². The van der Waals surface area contributed by atoms with Gasteiger partial charge in [0.25, 0.3) is 0 Å². The molecule has 0 aromatic carbocycles. The van der Waals surface area contributed by atoms with E-state index in [2.05, 4.69) is 5.32 Å². The molecule has 17 heavy (non-hydrogen) atoms. The molecule has 5 heteroatoms. The number of nitrogens with one attached hydrogen (secondary N) is 1. The highest BCUT2D eigenvalue weighted by Gasteiger charge is 2.14. The molecule has 0 saturated carbocycles. The van der Waals surface area contributed by atoms with Gasteiger partial charge >= 0.3 is 6.03 Å². The van der Waals surface area contributed by atoms with Crippen LogP contribution in [0.5, 0.6) is 0 Å². The predicted molar refractivity (Wildman–Crippen MR) is 74.1 cm³/mol. The molecule has 1 heterocycles. The molecule has 1 aliphatic rings. The molecule has 0 aliphatic carbocycles. The van der Waals surface area contributed by atoms with E-state index in [4.69, 9.17) is 18.0 Å². The molecule has 0 atom stereocenters. The molecule has 98 valence electrons. The Hall–Kier alpha value is -0.840. The smallest absolute Gasteiger partial charge is 0.317 e. The second-order valence-corrected chi connectivity index (χ2v) is 5.08. The van der Waals surface area contributed by atoms with E-state index in [9.17, 15) is 4.79 Å². The number of thiocarbonyl (C=S) groups is 1. The summed E-state index contributed by atoms with van der Waals surface area (Å²) in [5.41, 5.74) is 5.40. The molecule has 0 aromatic rings. The molecule has 4 nitrogen and oxygen atoms in total. The average molecular weight is 257 g/mol. The first-order valence-electron chi connectivity index (χ1n) is 6.51. The number of carbonyl (C=O) groups is 1. The Morgan fingerprint density at radius 3 is 2.41 bits per heavy atom. The van der Waals surface area contributed by atoms with Gasteiger partial charge in [0, 0.05) is 19.6 Å². The number of amides is 2. The Balaban J connectivity index is 2.09. The fourth-order valence-corrected chi connectivity index (χ4v) is 2.15. The van der Waals surface area contributed by atoms with Crippen LogP contribution < -0.4 is 11.1 Å². The van der Waals surface area contributed by atoms with Gasteiger partial charge in [0.05, 0.1) is 4.99 Å². The van der Waals surface area contributed by atoms with Gasteiger partial charge in [0.2, 0.25) is 0 Å². The van der Waals surface area contributed by atoms with Gasteiger partial charge in [-0.1, -0.05) is 25.1 Å². The van der Waals surface area contributed by atoms with E-state index in [1.807, 2.05) is 4.90 Å². The Morgan fingerprint density at radius 1 is 1.18 bits per heavy atom. The standard InChI is InChI=1S/C12H23N3OS/c13-11(17)7-3-4-8-14-12(16)15-9-5-1-2-6-10-15/h1-10H2,(H2,13,17)(H,14,16). The van der Waals surface area contributed by atoms with Gasteiger partial charge in [0.15, 0.2) is 0 Å². The molecule has 0 unspecified atom stereocenters. The van der Waals surface area contributed by atoms with Crippen LogP contribution in [0.1, 0.15) is 44.9 Å². The van der Waals surface area contributed by atoms with Crippen LogP contribution in [0.4, 0.5) is 4.79 Å². The van der Waals surface area contributed by atoms with E-state index in [0.717, 1.165) is 51.7 Å². The van der Waals surface area contributed by atoms with Crippen LogP contribution >= 0.6 is 12.2 Å². The minimum absolute atomic E-state index is 0.0854. The van der Waals surface area contributed by atoms with Crippen LogP contribution in [-0.4, -0.2) is 35.6 Å². The topological polar surface area (TPSA) is 58.4 Å². The van der Waals surface area contributed by atoms with Crippen molar-refractivity contribution in [3.63, 3.8) is 0 Å². The lowest BCUT2D eigenvalue weighted by atomic mass is 10.2. The highest BCUT2D eigenvalue weighted by molar-refractivity contribution is 7.80. The summed E-state index contributed by atoms with van der Waals surface area (Å²) in [7, 11) is 0. The highest BCUT2D eigenvalue weighted by Crippen LogP contribution is 2.09. The molecular formula is C12H23N3OS. The van der Waals surface area contributed by atoms with Crippen molar-refractivity contribution in [2.24, 2.45) is 5.73 Å². The number of nitrogens with zero attached hydrogens (tertiary/aromatic N) is 1. The summed E-state index contributed by atoms with van der Waals surface area (Å²) in [6.45, 7) is 2.52. The lowest BCUT2D eigenvalue weighted by molar-refractivity contribution is 0.199. The minimum Gasteiger partial charge on any atom is -0.393 e. The largest absolute Gasteiger partial charge is 0.393 e. The number of unbranched alkanes of at least 4 members (excludes halogenated alkanes) is 1. The molecule has 0 bridgehead atoms. The molecule has 1 saturated heterocycles. The average Bonchev–Trinajstić information content (AvgIpc) is 2.56. The molecule has 0 spiro atoms. The maximum absolute atomic E-state index is 11.8. The van der Waals surface area contributed by atoms with Crippen molar-refractivity contribution >= 4 is 23.2 Å². The molecule has 1 fully saturated rings. The summed E-state index contributed by atoms with van der Waals surface area (Å²) < 4.78 is 0. The molecule has 1 aliphatic heterocycles. The summed E-state index contributed by atoms with van der Waals surface area (Å²) in [5, 5.41) is 2.96. The molecule has 3 N–H and O–H groups in total. The number of carbonyl (C=O) groups excluding carboxylic acids is 1. The van der Waals surface area contributed by atoms with E-state index >= 15 is 0 Å². The van der Waals surface area contributed by atoms with Crippen LogP contribution in [0, 0.1) is 0 Å². The number of hydrogen-bond donors (Lipinski definition) is 2. The summed E-state index contributed by atoms with van der Waals surface area (Å²) in [6.07, 6.45) is 7.43. The van der Waals surface area contributed by atoms with Gasteiger partial charge in [-0.3, -0.25) is 0 Å². The number of nitrogens with two attached hydrogens (primary N) is 1. The van der Waals surface area contributed by atoms with Crippen molar-refractivity contribution in [3.05, 3.63) is 0 Å². The predicted octanol–water partition coefficient (Wildman–Crippen LogP) is 2.03. The second-order valence-electron chi connectivity index (χ2n) is 4.56. The Bertz CT molecular complexity index is 250. The van der Waals surface area contributed by atoms with Crippen LogP contribution in [-0.2, 0) is 0 Å². The van der Waals surface area contributed by atoms with Gasteiger partial charge in [-0.15, -0.1) is 0 Å².